The number of oxazole rings is 1. The van der Waals surface area contributed by atoms with Crippen LogP contribution in [-0.2, 0) is 28.4 Å². The molecule has 0 saturated carbocycles. The largest absolute Gasteiger partial charge is 0.419 e. The van der Waals surface area contributed by atoms with Gasteiger partial charge in [0.1, 0.15) is 0 Å². The summed E-state index contributed by atoms with van der Waals surface area (Å²) in [6.45, 7) is 2.73. The third kappa shape index (κ3) is 5.83. The van der Waals surface area contributed by atoms with Crippen LogP contribution >= 0.6 is 0 Å². The van der Waals surface area contributed by atoms with Gasteiger partial charge in [0.2, 0.25) is 15.9 Å². The van der Waals surface area contributed by atoms with Crippen molar-refractivity contribution in [2.24, 2.45) is 13.0 Å². The molecule has 1 amide bonds. The maximum absolute atomic E-state index is 13.2. The second-order valence-corrected chi connectivity index (χ2v) is 11.1. The van der Waals surface area contributed by atoms with Gasteiger partial charge in [-0.1, -0.05) is 30.3 Å². The van der Waals surface area contributed by atoms with Crippen molar-refractivity contribution in [2.75, 3.05) is 33.2 Å². The van der Waals surface area contributed by atoms with Crippen molar-refractivity contribution in [2.45, 2.75) is 30.7 Å². The lowest BCUT2D eigenvalue weighted by Crippen LogP contribution is -2.45. The van der Waals surface area contributed by atoms with Gasteiger partial charge >= 0.3 is 5.76 Å². The van der Waals surface area contributed by atoms with E-state index < -0.39 is 15.8 Å². The lowest BCUT2D eigenvalue weighted by molar-refractivity contribution is -0.126. The highest BCUT2D eigenvalue weighted by molar-refractivity contribution is 7.89. The van der Waals surface area contributed by atoms with Crippen LogP contribution in [0.3, 0.4) is 0 Å². The molecule has 1 fully saturated rings. The molecule has 1 saturated heterocycles. The Balaban J connectivity index is 1.30. The predicted molar refractivity (Wildman–Crippen MR) is 133 cm³/mol. The third-order valence-electron chi connectivity index (χ3n) is 6.47. The van der Waals surface area contributed by atoms with Gasteiger partial charge in [0.15, 0.2) is 5.58 Å². The number of amides is 1. The van der Waals surface area contributed by atoms with E-state index >= 15 is 0 Å². The minimum absolute atomic E-state index is 0.0573. The van der Waals surface area contributed by atoms with E-state index in [9.17, 15) is 18.0 Å². The average molecular weight is 501 g/mol. The molecule has 0 bridgehead atoms. The van der Waals surface area contributed by atoms with Crippen LogP contribution in [0.15, 0.2) is 62.6 Å². The van der Waals surface area contributed by atoms with Gasteiger partial charge in [-0.15, -0.1) is 0 Å². The second kappa shape index (κ2) is 10.8. The summed E-state index contributed by atoms with van der Waals surface area (Å²) in [5, 5.41) is 2.98. The quantitative estimate of drug-likeness (QED) is 0.452. The van der Waals surface area contributed by atoms with Crippen LogP contribution in [0.4, 0.5) is 0 Å². The van der Waals surface area contributed by atoms with Gasteiger partial charge in [-0.3, -0.25) is 9.36 Å². The molecule has 4 rings (SSSR count). The molecule has 0 radical (unpaired) electrons. The Labute approximate surface area is 205 Å². The normalized spacial score (nSPS) is 17.2. The molecular weight excluding hydrogens is 468 g/mol. The Morgan fingerprint density at radius 3 is 2.74 bits per heavy atom. The van der Waals surface area contributed by atoms with E-state index in [1.54, 1.807) is 13.1 Å². The minimum Gasteiger partial charge on any atom is -0.408 e. The van der Waals surface area contributed by atoms with E-state index in [4.69, 9.17) is 4.42 Å². The molecule has 0 aliphatic carbocycles. The first-order valence-corrected chi connectivity index (χ1v) is 13.3. The number of aromatic nitrogens is 1. The summed E-state index contributed by atoms with van der Waals surface area (Å²) in [5.74, 6) is -1.05. The molecule has 1 aliphatic rings. The zero-order valence-corrected chi connectivity index (χ0v) is 21.0. The van der Waals surface area contributed by atoms with Crippen molar-refractivity contribution < 1.29 is 17.6 Å². The number of hydrogen-bond acceptors (Lipinski definition) is 6. The molecule has 1 aliphatic heterocycles. The molecule has 10 heteroatoms. The summed E-state index contributed by atoms with van der Waals surface area (Å²) in [7, 11) is -0.195. The van der Waals surface area contributed by atoms with Gasteiger partial charge in [0, 0.05) is 39.3 Å². The fourth-order valence-corrected chi connectivity index (χ4v) is 6.02. The van der Waals surface area contributed by atoms with Crippen molar-refractivity contribution in [1.29, 1.82) is 0 Å². The van der Waals surface area contributed by atoms with Crippen molar-refractivity contribution in [1.82, 2.24) is 19.1 Å². The average Bonchev–Trinajstić information content (AvgIpc) is 3.15. The number of nitrogens with one attached hydrogen (secondary N) is 1. The van der Waals surface area contributed by atoms with Crippen LogP contribution in [0.25, 0.3) is 11.1 Å². The van der Waals surface area contributed by atoms with E-state index in [2.05, 4.69) is 29.4 Å². The van der Waals surface area contributed by atoms with Crippen LogP contribution in [0, 0.1) is 5.92 Å². The SMILES string of the molecule is CN(CCCNC(=O)[C@H]1CCCN(S(=O)(=O)c2ccc3c(c2)oc(=O)n3C)C1)Cc1ccccc1. The number of sulfonamides is 1. The fraction of sp³-hybridized carbons (Fsp3) is 0.440. The van der Waals surface area contributed by atoms with Gasteiger partial charge in [-0.25, -0.2) is 13.2 Å². The maximum Gasteiger partial charge on any atom is 0.419 e. The Morgan fingerprint density at radius 2 is 1.97 bits per heavy atom. The van der Waals surface area contributed by atoms with Crippen LogP contribution in [0.1, 0.15) is 24.8 Å². The highest BCUT2D eigenvalue weighted by atomic mass is 32.2. The number of carbonyl (C=O) groups is 1. The zero-order chi connectivity index (χ0) is 25.0. The summed E-state index contributed by atoms with van der Waals surface area (Å²) in [6.07, 6.45) is 2.07. The molecule has 9 nitrogen and oxygen atoms in total. The molecule has 1 N–H and O–H groups in total. The number of piperidine rings is 1. The van der Waals surface area contributed by atoms with Crippen molar-refractivity contribution in [3.63, 3.8) is 0 Å². The number of hydrogen-bond donors (Lipinski definition) is 1. The van der Waals surface area contributed by atoms with Crippen molar-refractivity contribution in [3.8, 4) is 0 Å². The Morgan fingerprint density at radius 1 is 1.20 bits per heavy atom. The highest BCUT2D eigenvalue weighted by Gasteiger charge is 2.33. The molecule has 188 valence electrons. The Kier molecular flexibility index (Phi) is 7.73. The predicted octanol–water partition coefficient (Wildman–Crippen LogP) is 2.17. The summed E-state index contributed by atoms with van der Waals surface area (Å²) in [4.78, 5) is 26.8. The lowest BCUT2D eigenvalue weighted by atomic mass is 9.99. The Bertz CT molecular complexity index is 1330. The standard InChI is InChI=1S/C25H32N4O5S/c1-27(17-19-8-4-3-5-9-19)14-7-13-26-24(30)20-10-6-15-29(18-20)35(32,33)21-11-12-22-23(16-21)34-25(31)28(22)2/h3-5,8-9,11-12,16,20H,6-7,10,13-15,17-18H2,1-2H3,(H,26,30)/t20-/m0/s1. The molecule has 2 aromatic carbocycles. The Hall–Kier alpha value is -2.95. The first kappa shape index (κ1) is 25.2. The molecule has 0 unspecified atom stereocenters. The van der Waals surface area contributed by atoms with E-state index in [0.29, 0.717) is 31.4 Å². The summed E-state index contributed by atoms with van der Waals surface area (Å²) >= 11 is 0. The minimum atomic E-state index is -3.81. The summed E-state index contributed by atoms with van der Waals surface area (Å²) < 4.78 is 34.3. The lowest BCUT2D eigenvalue weighted by Gasteiger charge is -2.31. The van der Waals surface area contributed by atoms with Gasteiger partial charge in [0.25, 0.3) is 0 Å². The summed E-state index contributed by atoms with van der Waals surface area (Å²) in [5.41, 5.74) is 2.00. The smallest absolute Gasteiger partial charge is 0.408 e. The van der Waals surface area contributed by atoms with Crippen LogP contribution in [-0.4, -0.2) is 61.3 Å². The number of benzene rings is 2. The van der Waals surface area contributed by atoms with E-state index in [1.807, 2.05) is 18.2 Å². The maximum atomic E-state index is 13.2. The summed E-state index contributed by atoms with van der Waals surface area (Å²) in [6, 6.07) is 14.6. The topological polar surface area (TPSA) is 105 Å². The van der Waals surface area contributed by atoms with Crippen LogP contribution < -0.4 is 11.1 Å². The van der Waals surface area contributed by atoms with Crippen molar-refractivity contribution >= 4 is 27.0 Å². The third-order valence-corrected chi connectivity index (χ3v) is 8.33. The highest BCUT2D eigenvalue weighted by Crippen LogP contribution is 2.26. The van der Waals surface area contributed by atoms with E-state index in [1.165, 1.54) is 26.6 Å². The molecule has 1 aromatic heterocycles. The van der Waals surface area contributed by atoms with Gasteiger partial charge in [-0.2, -0.15) is 4.31 Å². The molecule has 2 heterocycles. The number of nitrogens with zero attached hydrogens (tertiary/aromatic N) is 3. The number of carbonyl (C=O) groups excluding carboxylic acids is 1. The monoisotopic (exact) mass is 500 g/mol. The fourth-order valence-electron chi connectivity index (χ4n) is 4.48. The number of rotatable bonds is 9. The van der Waals surface area contributed by atoms with Crippen molar-refractivity contribution in [3.05, 3.63) is 64.6 Å². The molecule has 0 spiro atoms. The number of aryl methyl sites for hydroxylation is 1. The van der Waals surface area contributed by atoms with Gasteiger partial charge in [0.05, 0.1) is 16.3 Å². The van der Waals surface area contributed by atoms with E-state index in [0.717, 1.165) is 19.5 Å². The first-order valence-electron chi connectivity index (χ1n) is 11.9. The van der Waals surface area contributed by atoms with Gasteiger partial charge in [-0.05, 0) is 50.6 Å². The number of fused-ring (bicyclic) bond motifs is 1. The van der Waals surface area contributed by atoms with Crippen LogP contribution in [0.2, 0.25) is 0 Å². The second-order valence-electron chi connectivity index (χ2n) is 9.13. The van der Waals surface area contributed by atoms with Gasteiger partial charge < -0.3 is 14.6 Å². The zero-order valence-electron chi connectivity index (χ0n) is 20.1. The molecule has 3 aromatic rings. The van der Waals surface area contributed by atoms with E-state index in [-0.39, 0.29) is 28.8 Å². The first-order chi connectivity index (χ1) is 16.8. The molecular formula is C25H32N4O5S. The van der Waals surface area contributed by atoms with Crippen LogP contribution in [0.5, 0.6) is 0 Å². The molecule has 35 heavy (non-hydrogen) atoms. The molecule has 1 atom stereocenters.